The summed E-state index contributed by atoms with van der Waals surface area (Å²) in [7, 11) is 0. The molecule has 0 aliphatic carbocycles. The molecule has 0 bridgehead atoms. The van der Waals surface area contributed by atoms with E-state index in [0.29, 0.717) is 18.5 Å². The Kier molecular flexibility index (Phi) is 5.71. The number of amides is 2. The summed E-state index contributed by atoms with van der Waals surface area (Å²) in [6.07, 6.45) is 3.35. The lowest BCUT2D eigenvalue weighted by atomic mass is 10.1. The zero-order chi connectivity index (χ0) is 18.5. The number of nitrogens with zero attached hydrogens (tertiary/aromatic N) is 1. The second kappa shape index (κ2) is 8.17. The van der Waals surface area contributed by atoms with Gasteiger partial charge in [-0.2, -0.15) is 0 Å². The number of hydrogen-bond acceptors (Lipinski definition) is 2. The number of hydrogen-bond donors (Lipinski definition) is 1. The summed E-state index contributed by atoms with van der Waals surface area (Å²) in [6.45, 7) is 4.65. The van der Waals surface area contributed by atoms with Crippen LogP contribution >= 0.6 is 0 Å². The molecule has 26 heavy (non-hydrogen) atoms. The molecule has 0 saturated heterocycles. The highest BCUT2D eigenvalue weighted by atomic mass is 16.2. The highest BCUT2D eigenvalue weighted by molar-refractivity contribution is 6.07. The van der Waals surface area contributed by atoms with Crippen molar-refractivity contribution in [2.75, 3.05) is 4.90 Å². The Morgan fingerprint density at radius 1 is 1.15 bits per heavy atom. The van der Waals surface area contributed by atoms with Crippen LogP contribution in [0.4, 0.5) is 5.69 Å². The van der Waals surface area contributed by atoms with Gasteiger partial charge in [0.15, 0.2) is 0 Å². The zero-order valence-electron chi connectivity index (χ0n) is 15.5. The molecule has 4 nitrogen and oxygen atoms in total. The largest absolute Gasteiger partial charge is 0.352 e. The van der Waals surface area contributed by atoms with Crippen molar-refractivity contribution in [2.45, 2.75) is 52.1 Å². The molecule has 1 aliphatic rings. The molecule has 3 rings (SSSR count). The molecule has 2 amide bonds. The first-order chi connectivity index (χ1) is 12.6. The first-order valence-corrected chi connectivity index (χ1v) is 9.37. The van der Waals surface area contributed by atoms with Crippen LogP contribution in [0.5, 0.6) is 0 Å². The minimum absolute atomic E-state index is 0.0287. The van der Waals surface area contributed by atoms with E-state index in [1.54, 1.807) is 0 Å². The number of rotatable bonds is 6. The average molecular weight is 350 g/mol. The molecule has 0 radical (unpaired) electrons. The van der Waals surface area contributed by atoms with Crippen LogP contribution in [0.1, 0.15) is 54.6 Å². The maximum absolute atomic E-state index is 13.0. The van der Waals surface area contributed by atoms with Crippen molar-refractivity contribution in [3.8, 4) is 0 Å². The van der Waals surface area contributed by atoms with E-state index in [1.165, 1.54) is 5.56 Å². The Labute approximate surface area is 155 Å². The number of nitrogens with one attached hydrogen (secondary N) is 1. The first kappa shape index (κ1) is 18.2. The molecule has 1 atom stereocenters. The van der Waals surface area contributed by atoms with E-state index in [2.05, 4.69) is 25.2 Å². The number of unbranched alkanes of at least 4 members (excludes halogenated alkanes) is 1. The smallest absolute Gasteiger partial charge is 0.258 e. The van der Waals surface area contributed by atoms with Gasteiger partial charge in [0, 0.05) is 30.3 Å². The van der Waals surface area contributed by atoms with Gasteiger partial charge in [-0.05, 0) is 49.1 Å². The second-order valence-corrected chi connectivity index (χ2v) is 6.94. The molecule has 1 aliphatic heterocycles. The Morgan fingerprint density at radius 2 is 1.92 bits per heavy atom. The lowest BCUT2D eigenvalue weighted by Gasteiger charge is -2.23. The van der Waals surface area contributed by atoms with Crippen molar-refractivity contribution in [2.24, 2.45) is 0 Å². The zero-order valence-corrected chi connectivity index (χ0v) is 15.5. The van der Waals surface area contributed by atoms with Crippen molar-refractivity contribution >= 4 is 17.5 Å². The number of benzene rings is 2. The maximum Gasteiger partial charge on any atom is 0.258 e. The van der Waals surface area contributed by atoms with Crippen molar-refractivity contribution in [3.63, 3.8) is 0 Å². The molecule has 1 unspecified atom stereocenters. The topological polar surface area (TPSA) is 49.4 Å². The second-order valence-electron chi connectivity index (χ2n) is 6.94. The Morgan fingerprint density at radius 3 is 2.65 bits per heavy atom. The molecular weight excluding hydrogens is 324 g/mol. The van der Waals surface area contributed by atoms with Crippen LogP contribution in [-0.2, 0) is 17.8 Å². The molecular formula is C22H26N2O2. The molecule has 0 fully saturated rings. The van der Waals surface area contributed by atoms with Gasteiger partial charge in [0.25, 0.3) is 5.91 Å². The third kappa shape index (κ3) is 3.96. The van der Waals surface area contributed by atoms with Gasteiger partial charge < -0.3 is 10.2 Å². The normalized spacial score (nSPS) is 15.6. The van der Waals surface area contributed by atoms with Crippen molar-refractivity contribution in [1.82, 2.24) is 5.32 Å². The molecule has 2 aromatic rings. The minimum Gasteiger partial charge on any atom is -0.352 e. The predicted molar refractivity (Wildman–Crippen MR) is 104 cm³/mol. The number of carbonyl (C=O) groups is 2. The molecule has 4 heteroatoms. The van der Waals surface area contributed by atoms with E-state index in [-0.39, 0.29) is 17.9 Å². The van der Waals surface area contributed by atoms with Crippen molar-refractivity contribution < 1.29 is 9.59 Å². The minimum atomic E-state index is 0.0287. The molecule has 1 heterocycles. The van der Waals surface area contributed by atoms with E-state index in [1.807, 2.05) is 47.4 Å². The lowest BCUT2D eigenvalue weighted by molar-refractivity contribution is -0.121. The fraction of sp³-hybridized carbons (Fsp3) is 0.364. The molecule has 0 spiro atoms. The van der Waals surface area contributed by atoms with Gasteiger partial charge in [0.1, 0.15) is 0 Å². The van der Waals surface area contributed by atoms with Crippen LogP contribution in [0.3, 0.4) is 0 Å². The van der Waals surface area contributed by atoms with Crippen LogP contribution in [0, 0.1) is 0 Å². The standard InChI is InChI=1S/C22H26N2O2/c1-3-4-10-21(25)23-15-17-11-12-19-13-16(2)24(20(19)14-17)22(26)18-8-6-5-7-9-18/h5-9,11-12,14,16H,3-4,10,13,15H2,1-2H3,(H,23,25). The highest BCUT2D eigenvalue weighted by Gasteiger charge is 2.31. The van der Waals surface area contributed by atoms with Gasteiger partial charge in [-0.3, -0.25) is 9.59 Å². The van der Waals surface area contributed by atoms with E-state index in [0.717, 1.165) is 30.5 Å². The Bertz CT molecular complexity index is 786. The van der Waals surface area contributed by atoms with Crippen LogP contribution in [0.25, 0.3) is 0 Å². The van der Waals surface area contributed by atoms with Crippen LogP contribution in [0.15, 0.2) is 48.5 Å². The average Bonchev–Trinajstić information content (AvgIpc) is 2.99. The van der Waals surface area contributed by atoms with Crippen LogP contribution in [0.2, 0.25) is 0 Å². The summed E-state index contributed by atoms with van der Waals surface area (Å²) < 4.78 is 0. The summed E-state index contributed by atoms with van der Waals surface area (Å²) in [6, 6.07) is 15.7. The summed E-state index contributed by atoms with van der Waals surface area (Å²) in [5, 5.41) is 2.97. The predicted octanol–water partition coefficient (Wildman–Crippen LogP) is 4.08. The summed E-state index contributed by atoms with van der Waals surface area (Å²) >= 11 is 0. The molecule has 0 aromatic heterocycles. The van der Waals surface area contributed by atoms with Gasteiger partial charge in [-0.15, -0.1) is 0 Å². The third-order valence-corrected chi connectivity index (χ3v) is 4.85. The van der Waals surface area contributed by atoms with Gasteiger partial charge in [0.2, 0.25) is 5.91 Å². The van der Waals surface area contributed by atoms with Gasteiger partial charge >= 0.3 is 0 Å². The van der Waals surface area contributed by atoms with Gasteiger partial charge in [0.05, 0.1) is 0 Å². The fourth-order valence-electron chi connectivity index (χ4n) is 3.42. The van der Waals surface area contributed by atoms with Gasteiger partial charge in [-0.25, -0.2) is 0 Å². The fourth-order valence-corrected chi connectivity index (χ4v) is 3.42. The first-order valence-electron chi connectivity index (χ1n) is 9.37. The van der Waals surface area contributed by atoms with E-state index >= 15 is 0 Å². The van der Waals surface area contributed by atoms with Gasteiger partial charge in [-0.1, -0.05) is 43.7 Å². The quantitative estimate of drug-likeness (QED) is 0.853. The summed E-state index contributed by atoms with van der Waals surface area (Å²) in [5.74, 6) is 0.110. The third-order valence-electron chi connectivity index (χ3n) is 4.85. The maximum atomic E-state index is 13.0. The van der Waals surface area contributed by atoms with Crippen molar-refractivity contribution in [1.29, 1.82) is 0 Å². The van der Waals surface area contributed by atoms with Crippen LogP contribution < -0.4 is 10.2 Å². The Hall–Kier alpha value is -2.62. The summed E-state index contributed by atoms with van der Waals surface area (Å²) in [4.78, 5) is 26.7. The number of anilines is 1. The van der Waals surface area contributed by atoms with E-state index < -0.39 is 0 Å². The molecule has 136 valence electrons. The Balaban J connectivity index is 1.76. The van der Waals surface area contributed by atoms with Crippen LogP contribution in [-0.4, -0.2) is 17.9 Å². The summed E-state index contributed by atoms with van der Waals surface area (Å²) in [5.41, 5.74) is 3.87. The van der Waals surface area contributed by atoms with E-state index in [4.69, 9.17) is 0 Å². The van der Waals surface area contributed by atoms with Crippen molar-refractivity contribution in [3.05, 3.63) is 65.2 Å². The monoisotopic (exact) mass is 350 g/mol. The number of fused-ring (bicyclic) bond motifs is 1. The van der Waals surface area contributed by atoms with E-state index in [9.17, 15) is 9.59 Å². The lowest BCUT2D eigenvalue weighted by Crippen LogP contribution is -2.35. The SMILES string of the molecule is CCCCC(=O)NCc1ccc2c(c1)N(C(=O)c1ccccc1)C(C)C2. The molecule has 0 saturated carbocycles. The number of carbonyl (C=O) groups excluding carboxylic acids is 2. The molecule has 2 aromatic carbocycles. The highest BCUT2D eigenvalue weighted by Crippen LogP contribution is 2.34. The molecule has 1 N–H and O–H groups in total.